The average Bonchev–Trinajstić information content (AvgIpc) is 2.45. The Balaban J connectivity index is 1.88. The van der Waals surface area contributed by atoms with Gasteiger partial charge in [0.15, 0.2) is 0 Å². The van der Waals surface area contributed by atoms with Gasteiger partial charge in [-0.25, -0.2) is 0 Å². The maximum Gasteiger partial charge on any atom is 0.224 e. The first-order chi connectivity index (χ1) is 10.00. The summed E-state index contributed by atoms with van der Waals surface area (Å²) in [7, 11) is 0. The van der Waals surface area contributed by atoms with Crippen LogP contribution in [0.2, 0.25) is 0 Å². The molecule has 0 aliphatic heterocycles. The summed E-state index contributed by atoms with van der Waals surface area (Å²) in [5.41, 5.74) is 3.07. The van der Waals surface area contributed by atoms with Crippen molar-refractivity contribution in [2.24, 2.45) is 0 Å². The molecule has 0 fully saturated rings. The van der Waals surface area contributed by atoms with Crippen molar-refractivity contribution in [1.82, 2.24) is 5.32 Å². The summed E-state index contributed by atoms with van der Waals surface area (Å²) in [6, 6.07) is 6.40. The quantitative estimate of drug-likeness (QED) is 0.848. The van der Waals surface area contributed by atoms with Crippen LogP contribution < -0.4 is 5.32 Å². The molecule has 1 aromatic carbocycles. The molecule has 21 heavy (non-hydrogen) atoms. The van der Waals surface area contributed by atoms with Crippen LogP contribution in [-0.2, 0) is 24.1 Å². The lowest BCUT2D eigenvalue weighted by atomic mass is 9.90. The number of amides is 1. The van der Waals surface area contributed by atoms with E-state index in [0.717, 1.165) is 12.0 Å². The van der Waals surface area contributed by atoms with Gasteiger partial charge in [0.05, 0.1) is 12.0 Å². The zero-order chi connectivity index (χ0) is 15.3. The van der Waals surface area contributed by atoms with Crippen molar-refractivity contribution in [3.63, 3.8) is 0 Å². The number of nitrogens with one attached hydrogen (secondary N) is 1. The van der Waals surface area contributed by atoms with Gasteiger partial charge in [-0.2, -0.15) is 11.8 Å². The number of fused-ring (bicyclic) bond motifs is 1. The first-order valence-electron chi connectivity index (χ1n) is 7.59. The Morgan fingerprint density at radius 3 is 2.76 bits per heavy atom. The first kappa shape index (κ1) is 16.4. The molecule has 116 valence electrons. The molecule has 1 unspecified atom stereocenters. The summed E-state index contributed by atoms with van der Waals surface area (Å²) in [6.07, 6.45) is 7.16. The second-order valence-corrected chi connectivity index (χ2v) is 7.06. The SMILES string of the molecule is CSCC(C)(O)CNC(=O)Cc1ccc2c(c1)CCCC2. The minimum atomic E-state index is -0.842. The molecule has 0 spiro atoms. The molecule has 0 radical (unpaired) electrons. The van der Waals surface area contributed by atoms with Crippen LogP contribution in [0.15, 0.2) is 18.2 Å². The standard InChI is InChI=1S/C17H25NO2S/c1-17(20,12-21-2)11-18-16(19)10-13-7-8-14-5-3-4-6-15(14)9-13/h7-9,20H,3-6,10-12H2,1-2H3,(H,18,19). The molecule has 2 N–H and O–H groups in total. The van der Waals surface area contributed by atoms with E-state index in [0.29, 0.717) is 18.7 Å². The molecule has 4 heteroatoms. The van der Waals surface area contributed by atoms with Crippen molar-refractivity contribution in [3.05, 3.63) is 34.9 Å². The monoisotopic (exact) mass is 307 g/mol. The van der Waals surface area contributed by atoms with Crippen LogP contribution >= 0.6 is 11.8 Å². The van der Waals surface area contributed by atoms with E-state index < -0.39 is 5.60 Å². The van der Waals surface area contributed by atoms with E-state index in [2.05, 4.69) is 23.5 Å². The lowest BCUT2D eigenvalue weighted by Crippen LogP contribution is -2.42. The van der Waals surface area contributed by atoms with Gasteiger partial charge in [-0.3, -0.25) is 4.79 Å². The van der Waals surface area contributed by atoms with Gasteiger partial charge in [-0.15, -0.1) is 0 Å². The molecule has 1 atom stereocenters. The number of benzene rings is 1. The van der Waals surface area contributed by atoms with E-state index in [1.165, 1.54) is 30.4 Å². The van der Waals surface area contributed by atoms with Gasteiger partial charge in [0.2, 0.25) is 5.91 Å². The zero-order valence-corrected chi connectivity index (χ0v) is 13.8. The van der Waals surface area contributed by atoms with E-state index in [9.17, 15) is 9.90 Å². The molecule has 0 aromatic heterocycles. The lowest BCUT2D eigenvalue weighted by molar-refractivity contribution is -0.121. The first-order valence-corrected chi connectivity index (χ1v) is 8.98. The van der Waals surface area contributed by atoms with Crippen LogP contribution in [0.3, 0.4) is 0 Å². The number of hydrogen-bond acceptors (Lipinski definition) is 3. The smallest absolute Gasteiger partial charge is 0.224 e. The van der Waals surface area contributed by atoms with Crippen molar-refractivity contribution in [2.45, 2.75) is 44.6 Å². The van der Waals surface area contributed by atoms with Crippen molar-refractivity contribution in [1.29, 1.82) is 0 Å². The van der Waals surface area contributed by atoms with Gasteiger partial charge >= 0.3 is 0 Å². The fourth-order valence-corrected chi connectivity index (χ4v) is 3.52. The van der Waals surface area contributed by atoms with E-state index in [4.69, 9.17) is 0 Å². The molecule has 1 amide bonds. The predicted octanol–water partition coefficient (Wildman–Crippen LogP) is 2.34. The van der Waals surface area contributed by atoms with E-state index in [1.54, 1.807) is 18.7 Å². The third-order valence-corrected chi connectivity index (χ3v) is 4.81. The number of aryl methyl sites for hydroxylation is 2. The fraction of sp³-hybridized carbons (Fsp3) is 0.588. The minimum Gasteiger partial charge on any atom is -0.387 e. The number of carbonyl (C=O) groups excluding carboxylic acids is 1. The number of rotatable bonds is 6. The van der Waals surface area contributed by atoms with Crippen molar-refractivity contribution < 1.29 is 9.90 Å². The molecule has 1 aromatic rings. The largest absolute Gasteiger partial charge is 0.387 e. The van der Waals surface area contributed by atoms with Crippen LogP contribution in [0.25, 0.3) is 0 Å². The predicted molar refractivity (Wildman–Crippen MR) is 88.8 cm³/mol. The van der Waals surface area contributed by atoms with Crippen LogP contribution in [0.5, 0.6) is 0 Å². The number of carbonyl (C=O) groups is 1. The summed E-state index contributed by atoms with van der Waals surface area (Å²) in [4.78, 5) is 12.0. The highest BCUT2D eigenvalue weighted by Crippen LogP contribution is 2.22. The Morgan fingerprint density at radius 1 is 1.33 bits per heavy atom. The van der Waals surface area contributed by atoms with Crippen LogP contribution in [0, 0.1) is 0 Å². The highest BCUT2D eigenvalue weighted by atomic mass is 32.2. The molecule has 1 aliphatic rings. The van der Waals surface area contributed by atoms with Gasteiger partial charge in [0.25, 0.3) is 0 Å². The maximum absolute atomic E-state index is 12.0. The van der Waals surface area contributed by atoms with E-state index in [1.807, 2.05) is 6.26 Å². The molecule has 0 saturated carbocycles. The summed E-state index contributed by atoms with van der Waals surface area (Å²) < 4.78 is 0. The molecular formula is C17H25NO2S. The van der Waals surface area contributed by atoms with Gasteiger partial charge in [0, 0.05) is 12.3 Å². The minimum absolute atomic E-state index is 0.0212. The summed E-state index contributed by atoms with van der Waals surface area (Å²) >= 11 is 1.58. The van der Waals surface area contributed by atoms with Crippen LogP contribution in [-0.4, -0.2) is 35.2 Å². The molecule has 3 nitrogen and oxygen atoms in total. The lowest BCUT2D eigenvalue weighted by Gasteiger charge is -2.22. The molecule has 0 saturated heterocycles. The highest BCUT2D eigenvalue weighted by Gasteiger charge is 2.20. The summed E-state index contributed by atoms with van der Waals surface area (Å²) in [5, 5.41) is 12.9. The van der Waals surface area contributed by atoms with Crippen LogP contribution in [0.4, 0.5) is 0 Å². The van der Waals surface area contributed by atoms with Crippen LogP contribution in [0.1, 0.15) is 36.5 Å². The maximum atomic E-state index is 12.0. The Morgan fingerprint density at radius 2 is 2.05 bits per heavy atom. The molecule has 0 bridgehead atoms. The second-order valence-electron chi connectivity index (χ2n) is 6.19. The van der Waals surface area contributed by atoms with Gasteiger partial charge in [-0.05, 0) is 55.6 Å². The Labute approximate surface area is 131 Å². The molecule has 2 rings (SSSR count). The Bertz CT molecular complexity index is 500. The van der Waals surface area contributed by atoms with E-state index in [-0.39, 0.29) is 5.91 Å². The third kappa shape index (κ3) is 5.04. The van der Waals surface area contributed by atoms with E-state index >= 15 is 0 Å². The molecule has 0 heterocycles. The topological polar surface area (TPSA) is 49.3 Å². The Kier molecular flexibility index (Phi) is 5.71. The van der Waals surface area contributed by atoms with Crippen molar-refractivity contribution in [3.8, 4) is 0 Å². The second kappa shape index (κ2) is 7.32. The van der Waals surface area contributed by atoms with Crippen molar-refractivity contribution in [2.75, 3.05) is 18.6 Å². The fourth-order valence-electron chi connectivity index (χ4n) is 2.80. The molecular weight excluding hydrogens is 282 g/mol. The van der Waals surface area contributed by atoms with Gasteiger partial charge in [0.1, 0.15) is 0 Å². The number of hydrogen-bond donors (Lipinski definition) is 2. The normalized spacial score (nSPS) is 16.9. The number of thioether (sulfide) groups is 1. The third-order valence-electron chi connectivity index (χ3n) is 3.90. The van der Waals surface area contributed by atoms with Gasteiger partial charge < -0.3 is 10.4 Å². The number of aliphatic hydroxyl groups is 1. The molecule has 1 aliphatic carbocycles. The zero-order valence-electron chi connectivity index (χ0n) is 12.9. The van der Waals surface area contributed by atoms with Gasteiger partial charge in [-0.1, -0.05) is 18.2 Å². The Hall–Kier alpha value is -1.00. The van der Waals surface area contributed by atoms with Crippen molar-refractivity contribution >= 4 is 17.7 Å². The summed E-state index contributed by atoms with van der Waals surface area (Å²) in [6.45, 7) is 2.06. The highest BCUT2D eigenvalue weighted by molar-refractivity contribution is 7.98. The summed E-state index contributed by atoms with van der Waals surface area (Å²) in [5.74, 6) is 0.596. The average molecular weight is 307 g/mol.